The van der Waals surface area contributed by atoms with Crippen molar-refractivity contribution in [2.24, 2.45) is 11.1 Å². The molecule has 1 aliphatic heterocycles. The Balaban J connectivity index is 1.88. The molecule has 2 N–H and O–H groups in total. The molecule has 0 aromatic carbocycles. The summed E-state index contributed by atoms with van der Waals surface area (Å²) < 4.78 is 5.22. The molecule has 0 amide bonds. The molecule has 3 nitrogen and oxygen atoms in total. The Kier molecular flexibility index (Phi) is 5.86. The standard InChI is InChI=1S/C16H30N2O/c1-19-12-15-6-10-18(11-7-15)14-16(13-17)8-4-2-3-5-9-16/h6H,2-5,7-14,17H2,1H3. The third-order valence-electron chi connectivity index (χ3n) is 4.87. The molecule has 1 heterocycles. The minimum atomic E-state index is 0.392. The molecule has 2 aliphatic rings. The molecule has 0 unspecified atom stereocenters. The lowest BCUT2D eigenvalue weighted by molar-refractivity contribution is 0.139. The number of nitrogens with zero attached hydrogens (tertiary/aromatic N) is 1. The van der Waals surface area contributed by atoms with E-state index in [1.165, 1.54) is 57.2 Å². The van der Waals surface area contributed by atoms with Gasteiger partial charge >= 0.3 is 0 Å². The van der Waals surface area contributed by atoms with Crippen molar-refractivity contribution >= 4 is 0 Å². The monoisotopic (exact) mass is 266 g/mol. The Hall–Kier alpha value is -0.380. The number of hydrogen-bond acceptors (Lipinski definition) is 3. The molecule has 0 atom stereocenters. The van der Waals surface area contributed by atoms with Crippen LogP contribution in [0.3, 0.4) is 0 Å². The van der Waals surface area contributed by atoms with Crippen LogP contribution >= 0.6 is 0 Å². The average molecular weight is 266 g/mol. The molecule has 0 aromatic heterocycles. The summed E-state index contributed by atoms with van der Waals surface area (Å²) in [5.74, 6) is 0. The lowest BCUT2D eigenvalue weighted by Gasteiger charge is -2.38. The largest absolute Gasteiger partial charge is 0.380 e. The highest BCUT2D eigenvalue weighted by Crippen LogP contribution is 2.35. The Morgan fingerprint density at radius 1 is 1.26 bits per heavy atom. The van der Waals surface area contributed by atoms with Crippen molar-refractivity contribution in [3.05, 3.63) is 11.6 Å². The number of methoxy groups -OCH3 is 1. The fraction of sp³-hybridized carbons (Fsp3) is 0.875. The van der Waals surface area contributed by atoms with Gasteiger partial charge in [0.25, 0.3) is 0 Å². The molecule has 0 bridgehead atoms. The predicted octanol–water partition coefficient (Wildman–Crippen LogP) is 2.56. The minimum Gasteiger partial charge on any atom is -0.380 e. The van der Waals surface area contributed by atoms with Crippen LogP contribution in [0.4, 0.5) is 0 Å². The maximum atomic E-state index is 6.14. The highest BCUT2D eigenvalue weighted by Gasteiger charge is 2.31. The SMILES string of the molecule is COCC1=CCN(CC2(CN)CCCCCC2)CC1. The molecule has 0 aromatic rings. The quantitative estimate of drug-likeness (QED) is 0.614. The van der Waals surface area contributed by atoms with Gasteiger partial charge in [0.1, 0.15) is 0 Å². The molecule has 110 valence electrons. The zero-order chi connectivity index (χ0) is 13.6. The summed E-state index contributed by atoms with van der Waals surface area (Å²) in [5.41, 5.74) is 7.99. The van der Waals surface area contributed by atoms with E-state index in [9.17, 15) is 0 Å². The van der Waals surface area contributed by atoms with Gasteiger partial charge in [-0.15, -0.1) is 0 Å². The van der Waals surface area contributed by atoms with Crippen LogP contribution in [-0.2, 0) is 4.74 Å². The second-order valence-corrected chi connectivity index (χ2v) is 6.40. The van der Waals surface area contributed by atoms with E-state index in [2.05, 4.69) is 11.0 Å². The smallest absolute Gasteiger partial charge is 0.0673 e. The van der Waals surface area contributed by atoms with Gasteiger partial charge in [-0.05, 0) is 36.8 Å². The van der Waals surface area contributed by atoms with Crippen LogP contribution in [0.25, 0.3) is 0 Å². The van der Waals surface area contributed by atoms with Gasteiger partial charge in [0.15, 0.2) is 0 Å². The Morgan fingerprint density at radius 3 is 2.53 bits per heavy atom. The topological polar surface area (TPSA) is 38.5 Å². The summed E-state index contributed by atoms with van der Waals surface area (Å²) in [4.78, 5) is 2.59. The number of ether oxygens (including phenoxy) is 1. The van der Waals surface area contributed by atoms with E-state index in [1.807, 2.05) is 0 Å². The first kappa shape index (κ1) is 15.0. The summed E-state index contributed by atoms with van der Waals surface area (Å²) in [7, 11) is 1.78. The third-order valence-corrected chi connectivity index (χ3v) is 4.87. The average Bonchev–Trinajstić information content (AvgIpc) is 2.68. The van der Waals surface area contributed by atoms with E-state index in [0.717, 1.165) is 26.1 Å². The number of rotatable bonds is 5. The molecule has 1 saturated carbocycles. The van der Waals surface area contributed by atoms with Crippen LogP contribution in [-0.4, -0.2) is 44.8 Å². The summed E-state index contributed by atoms with van der Waals surface area (Å²) in [6, 6.07) is 0. The van der Waals surface area contributed by atoms with E-state index in [4.69, 9.17) is 10.5 Å². The fourth-order valence-electron chi connectivity index (χ4n) is 3.59. The summed E-state index contributed by atoms with van der Waals surface area (Å²) in [6.07, 6.45) is 11.7. The van der Waals surface area contributed by atoms with Gasteiger partial charge in [-0.25, -0.2) is 0 Å². The van der Waals surface area contributed by atoms with Gasteiger partial charge < -0.3 is 10.5 Å². The van der Waals surface area contributed by atoms with Gasteiger partial charge in [0.05, 0.1) is 6.61 Å². The van der Waals surface area contributed by atoms with E-state index >= 15 is 0 Å². The van der Waals surface area contributed by atoms with Crippen molar-refractivity contribution in [2.45, 2.75) is 44.9 Å². The van der Waals surface area contributed by atoms with Gasteiger partial charge in [0.2, 0.25) is 0 Å². The summed E-state index contributed by atoms with van der Waals surface area (Å²) in [5, 5.41) is 0. The third kappa shape index (κ3) is 4.30. The lowest BCUT2D eigenvalue weighted by Crippen LogP contribution is -2.44. The van der Waals surface area contributed by atoms with Gasteiger partial charge in [-0.1, -0.05) is 31.8 Å². The molecule has 1 aliphatic carbocycles. The van der Waals surface area contributed by atoms with E-state index < -0.39 is 0 Å². The number of hydrogen-bond donors (Lipinski definition) is 1. The van der Waals surface area contributed by atoms with Crippen molar-refractivity contribution in [1.29, 1.82) is 0 Å². The van der Waals surface area contributed by atoms with Crippen LogP contribution in [0, 0.1) is 5.41 Å². The zero-order valence-corrected chi connectivity index (χ0v) is 12.5. The maximum absolute atomic E-state index is 6.14. The van der Waals surface area contributed by atoms with Crippen molar-refractivity contribution in [1.82, 2.24) is 4.90 Å². The highest BCUT2D eigenvalue weighted by atomic mass is 16.5. The van der Waals surface area contributed by atoms with E-state index in [0.29, 0.717) is 5.41 Å². The van der Waals surface area contributed by atoms with Crippen LogP contribution in [0.15, 0.2) is 11.6 Å². The predicted molar refractivity (Wildman–Crippen MR) is 80.2 cm³/mol. The summed E-state index contributed by atoms with van der Waals surface area (Å²) >= 11 is 0. The molecule has 3 heteroatoms. The molecule has 0 saturated heterocycles. The zero-order valence-electron chi connectivity index (χ0n) is 12.5. The van der Waals surface area contributed by atoms with Crippen LogP contribution in [0.1, 0.15) is 44.9 Å². The van der Waals surface area contributed by atoms with Crippen LogP contribution in [0.2, 0.25) is 0 Å². The second kappa shape index (κ2) is 7.41. The Labute approximate surface area is 118 Å². The van der Waals surface area contributed by atoms with Gasteiger partial charge in [-0.2, -0.15) is 0 Å². The van der Waals surface area contributed by atoms with Crippen LogP contribution < -0.4 is 5.73 Å². The lowest BCUT2D eigenvalue weighted by atomic mass is 9.79. The van der Waals surface area contributed by atoms with Crippen molar-refractivity contribution in [2.75, 3.05) is 39.9 Å². The number of nitrogens with two attached hydrogens (primary N) is 1. The molecule has 0 radical (unpaired) electrons. The van der Waals surface area contributed by atoms with Crippen molar-refractivity contribution < 1.29 is 4.74 Å². The first-order valence-corrected chi connectivity index (χ1v) is 7.87. The Morgan fingerprint density at radius 2 is 2.00 bits per heavy atom. The normalized spacial score (nSPS) is 24.8. The molecular formula is C16H30N2O. The molecule has 2 rings (SSSR count). The summed E-state index contributed by atoms with van der Waals surface area (Å²) in [6.45, 7) is 5.12. The minimum absolute atomic E-state index is 0.392. The van der Waals surface area contributed by atoms with E-state index in [1.54, 1.807) is 7.11 Å². The fourth-order valence-corrected chi connectivity index (χ4v) is 3.59. The van der Waals surface area contributed by atoms with E-state index in [-0.39, 0.29) is 0 Å². The van der Waals surface area contributed by atoms with Gasteiger partial charge in [0, 0.05) is 26.7 Å². The first-order chi connectivity index (χ1) is 9.28. The van der Waals surface area contributed by atoms with Crippen molar-refractivity contribution in [3.8, 4) is 0 Å². The van der Waals surface area contributed by atoms with Crippen molar-refractivity contribution in [3.63, 3.8) is 0 Å². The molecular weight excluding hydrogens is 236 g/mol. The second-order valence-electron chi connectivity index (χ2n) is 6.40. The molecule has 19 heavy (non-hydrogen) atoms. The molecule has 1 fully saturated rings. The highest BCUT2D eigenvalue weighted by molar-refractivity contribution is 5.08. The first-order valence-electron chi connectivity index (χ1n) is 7.87. The van der Waals surface area contributed by atoms with Gasteiger partial charge in [-0.3, -0.25) is 4.90 Å². The Bertz CT molecular complexity index is 293. The maximum Gasteiger partial charge on any atom is 0.0673 e. The molecule has 0 spiro atoms. The van der Waals surface area contributed by atoms with Crippen LogP contribution in [0.5, 0.6) is 0 Å².